The van der Waals surface area contributed by atoms with Gasteiger partial charge >= 0.3 is 5.97 Å². The van der Waals surface area contributed by atoms with Crippen molar-refractivity contribution < 1.29 is 9.90 Å². The van der Waals surface area contributed by atoms with E-state index in [-0.39, 0.29) is 5.54 Å². The summed E-state index contributed by atoms with van der Waals surface area (Å²) in [6.07, 6.45) is 8.97. The normalized spacial score (nSPS) is 37.2. The molecule has 1 N–H and O–H groups in total. The lowest BCUT2D eigenvalue weighted by molar-refractivity contribution is -0.141. The van der Waals surface area contributed by atoms with E-state index in [1.54, 1.807) is 0 Å². The van der Waals surface area contributed by atoms with Crippen LogP contribution in [0, 0.1) is 0 Å². The summed E-state index contributed by atoms with van der Waals surface area (Å²) in [5, 5.41) is 9.41. The van der Waals surface area contributed by atoms with E-state index in [1.165, 1.54) is 45.1 Å². The summed E-state index contributed by atoms with van der Waals surface area (Å²) in [7, 11) is 0. The molecule has 3 rings (SSSR count). The van der Waals surface area contributed by atoms with E-state index in [4.69, 9.17) is 0 Å². The maximum Gasteiger partial charge on any atom is 0.305 e. The second-order valence-corrected chi connectivity index (χ2v) is 6.52. The number of nitrogens with zero attached hydrogens (tertiary/aromatic N) is 2. The van der Waals surface area contributed by atoms with Gasteiger partial charge in [0.25, 0.3) is 0 Å². The molecule has 0 radical (unpaired) electrons. The molecule has 4 heteroatoms. The van der Waals surface area contributed by atoms with Crippen LogP contribution in [0.15, 0.2) is 0 Å². The molecule has 3 fully saturated rings. The Kier molecular flexibility index (Phi) is 3.81. The van der Waals surface area contributed by atoms with E-state index in [1.807, 2.05) is 0 Å². The monoisotopic (exact) mass is 266 g/mol. The minimum atomic E-state index is -0.613. The van der Waals surface area contributed by atoms with Crippen molar-refractivity contribution in [3.8, 4) is 0 Å². The molecular weight excluding hydrogens is 240 g/mol. The summed E-state index contributed by atoms with van der Waals surface area (Å²) in [6, 6.07) is 0.496. The molecule has 108 valence electrons. The highest BCUT2D eigenvalue weighted by Crippen LogP contribution is 2.42. The van der Waals surface area contributed by atoms with Crippen molar-refractivity contribution in [3.05, 3.63) is 0 Å². The molecular formula is C15H26N2O2. The smallest absolute Gasteiger partial charge is 0.305 e. The lowest BCUT2D eigenvalue weighted by atomic mass is 9.80. The van der Waals surface area contributed by atoms with Crippen molar-refractivity contribution >= 4 is 5.97 Å². The van der Waals surface area contributed by atoms with E-state index < -0.39 is 5.97 Å². The highest BCUT2D eigenvalue weighted by atomic mass is 16.4. The summed E-state index contributed by atoms with van der Waals surface area (Å²) in [6.45, 7) is 4.50. The average molecular weight is 266 g/mol. The fraction of sp³-hybridized carbons (Fsp3) is 0.933. The average Bonchev–Trinajstić information content (AvgIpc) is 2.80. The van der Waals surface area contributed by atoms with Gasteiger partial charge in [0.15, 0.2) is 0 Å². The van der Waals surface area contributed by atoms with Crippen LogP contribution in [-0.2, 0) is 4.79 Å². The largest absolute Gasteiger partial charge is 0.481 e. The number of hydrogen-bond donors (Lipinski definition) is 1. The van der Waals surface area contributed by atoms with E-state index in [2.05, 4.69) is 9.80 Å². The molecule has 2 unspecified atom stereocenters. The molecule has 19 heavy (non-hydrogen) atoms. The molecule has 0 aromatic heterocycles. The van der Waals surface area contributed by atoms with Crippen LogP contribution in [0.3, 0.4) is 0 Å². The van der Waals surface area contributed by atoms with Crippen LogP contribution in [0.5, 0.6) is 0 Å². The molecule has 0 spiro atoms. The molecule has 0 saturated carbocycles. The highest BCUT2D eigenvalue weighted by molar-refractivity contribution is 5.68. The van der Waals surface area contributed by atoms with Crippen LogP contribution < -0.4 is 0 Å². The van der Waals surface area contributed by atoms with Crippen molar-refractivity contribution in [1.82, 2.24) is 9.80 Å². The first-order valence-corrected chi connectivity index (χ1v) is 7.93. The number of carboxylic acid groups (broad SMARTS) is 1. The third-order valence-corrected chi connectivity index (χ3v) is 5.51. The zero-order valence-electron chi connectivity index (χ0n) is 11.8. The van der Waals surface area contributed by atoms with Gasteiger partial charge < -0.3 is 5.11 Å². The van der Waals surface area contributed by atoms with Crippen LogP contribution in [0.25, 0.3) is 0 Å². The standard InChI is InChI=1S/C15H26N2O2/c18-14(19)12-15(17-9-3-1-4-10-17)7-11-16-8-5-2-6-13(15)16/h13H,1-12H2,(H,18,19). The Bertz CT molecular complexity index is 341. The molecule has 0 aliphatic carbocycles. The maximum absolute atomic E-state index is 11.4. The molecule has 3 aliphatic heterocycles. The fourth-order valence-electron chi connectivity index (χ4n) is 4.66. The summed E-state index contributed by atoms with van der Waals surface area (Å²) in [4.78, 5) is 16.5. The van der Waals surface area contributed by atoms with Crippen molar-refractivity contribution in [1.29, 1.82) is 0 Å². The number of carboxylic acids is 1. The number of fused-ring (bicyclic) bond motifs is 1. The summed E-state index contributed by atoms with van der Waals surface area (Å²) < 4.78 is 0. The summed E-state index contributed by atoms with van der Waals surface area (Å²) in [5.74, 6) is -0.613. The topological polar surface area (TPSA) is 43.8 Å². The number of piperidine rings is 2. The molecule has 2 atom stereocenters. The lowest BCUT2D eigenvalue weighted by Crippen LogP contribution is -2.60. The van der Waals surface area contributed by atoms with Gasteiger partial charge in [-0.05, 0) is 51.7 Å². The predicted molar refractivity (Wildman–Crippen MR) is 74.2 cm³/mol. The van der Waals surface area contributed by atoms with Gasteiger partial charge in [0, 0.05) is 18.1 Å². The zero-order chi connectivity index (χ0) is 13.3. The number of likely N-dealkylation sites (tertiary alicyclic amines) is 1. The first-order chi connectivity index (χ1) is 9.22. The van der Waals surface area contributed by atoms with Gasteiger partial charge in [-0.1, -0.05) is 12.8 Å². The Hall–Kier alpha value is -0.610. The van der Waals surface area contributed by atoms with Gasteiger partial charge in [-0.2, -0.15) is 0 Å². The van der Waals surface area contributed by atoms with Crippen LogP contribution in [0.1, 0.15) is 51.4 Å². The van der Waals surface area contributed by atoms with Gasteiger partial charge in [-0.3, -0.25) is 14.6 Å². The van der Waals surface area contributed by atoms with E-state index in [0.29, 0.717) is 12.5 Å². The fourth-order valence-corrected chi connectivity index (χ4v) is 4.66. The third-order valence-electron chi connectivity index (χ3n) is 5.51. The van der Waals surface area contributed by atoms with E-state index in [0.717, 1.165) is 26.1 Å². The Labute approximate surface area is 115 Å². The van der Waals surface area contributed by atoms with Crippen LogP contribution >= 0.6 is 0 Å². The minimum absolute atomic E-state index is 0.0628. The van der Waals surface area contributed by atoms with Gasteiger partial charge in [0.1, 0.15) is 0 Å². The first kappa shape index (κ1) is 13.4. The second-order valence-electron chi connectivity index (χ2n) is 6.52. The molecule has 0 aromatic carbocycles. The molecule has 0 amide bonds. The highest BCUT2D eigenvalue weighted by Gasteiger charge is 2.52. The predicted octanol–water partition coefficient (Wildman–Crippen LogP) is 1.94. The van der Waals surface area contributed by atoms with Crippen LogP contribution in [0.2, 0.25) is 0 Å². The van der Waals surface area contributed by atoms with Crippen LogP contribution in [-0.4, -0.2) is 58.6 Å². The molecule has 3 saturated heterocycles. The lowest BCUT2D eigenvalue weighted by Gasteiger charge is -2.48. The van der Waals surface area contributed by atoms with Crippen molar-refractivity contribution in [2.24, 2.45) is 0 Å². The maximum atomic E-state index is 11.4. The van der Waals surface area contributed by atoms with Crippen molar-refractivity contribution in [2.75, 3.05) is 26.2 Å². The van der Waals surface area contributed by atoms with Crippen molar-refractivity contribution in [3.63, 3.8) is 0 Å². The van der Waals surface area contributed by atoms with E-state index >= 15 is 0 Å². The van der Waals surface area contributed by atoms with Crippen LogP contribution in [0.4, 0.5) is 0 Å². The van der Waals surface area contributed by atoms with E-state index in [9.17, 15) is 9.90 Å². The number of carbonyl (C=O) groups is 1. The number of rotatable bonds is 3. The van der Waals surface area contributed by atoms with Crippen molar-refractivity contribution in [2.45, 2.75) is 62.9 Å². The molecule has 3 aliphatic rings. The number of hydrogen-bond acceptors (Lipinski definition) is 3. The first-order valence-electron chi connectivity index (χ1n) is 7.93. The Morgan fingerprint density at radius 3 is 2.53 bits per heavy atom. The Morgan fingerprint density at radius 2 is 1.79 bits per heavy atom. The minimum Gasteiger partial charge on any atom is -0.481 e. The van der Waals surface area contributed by atoms with Gasteiger partial charge in [-0.25, -0.2) is 0 Å². The third kappa shape index (κ3) is 2.40. The Morgan fingerprint density at radius 1 is 1.05 bits per heavy atom. The molecule has 0 bridgehead atoms. The zero-order valence-corrected chi connectivity index (χ0v) is 11.8. The SMILES string of the molecule is O=C(O)CC1(N2CCCCC2)CCN2CCCCC21. The van der Waals surface area contributed by atoms with Gasteiger partial charge in [-0.15, -0.1) is 0 Å². The Balaban J connectivity index is 1.85. The second kappa shape index (κ2) is 5.41. The molecule has 4 nitrogen and oxygen atoms in total. The van der Waals surface area contributed by atoms with Gasteiger partial charge in [0.2, 0.25) is 0 Å². The molecule has 3 heterocycles. The summed E-state index contributed by atoms with van der Waals surface area (Å²) in [5.41, 5.74) is -0.0628. The molecule has 0 aromatic rings. The van der Waals surface area contributed by atoms with Gasteiger partial charge in [0.05, 0.1) is 6.42 Å². The number of aliphatic carboxylic acids is 1. The summed E-state index contributed by atoms with van der Waals surface area (Å²) >= 11 is 0. The quantitative estimate of drug-likeness (QED) is 0.848.